The minimum Gasteiger partial charge on any atom is -0.397 e. The van der Waals surface area contributed by atoms with E-state index in [1.54, 1.807) is 30.5 Å². The lowest BCUT2D eigenvalue weighted by atomic mass is 10.1. The van der Waals surface area contributed by atoms with E-state index >= 15 is 0 Å². The van der Waals surface area contributed by atoms with Crippen molar-refractivity contribution in [3.63, 3.8) is 0 Å². The van der Waals surface area contributed by atoms with Gasteiger partial charge in [0.25, 0.3) is 0 Å². The molecule has 0 aliphatic heterocycles. The number of hydrogen-bond donors (Lipinski definition) is 1. The number of nitrogens with two attached hydrogens (primary N) is 1. The van der Waals surface area contributed by atoms with Crippen molar-refractivity contribution in [1.29, 1.82) is 5.26 Å². The predicted molar refractivity (Wildman–Crippen MR) is 69.3 cm³/mol. The molecule has 18 heavy (non-hydrogen) atoms. The average Bonchev–Trinajstić information content (AvgIpc) is 2.39. The molecule has 1 aromatic carbocycles. The molecule has 5 heteroatoms. The van der Waals surface area contributed by atoms with Crippen LogP contribution in [0.15, 0.2) is 41.6 Å². The summed E-state index contributed by atoms with van der Waals surface area (Å²) in [4.78, 5) is 4.12. The summed E-state index contributed by atoms with van der Waals surface area (Å²) in [6.07, 6.45) is 1.64. The van der Waals surface area contributed by atoms with E-state index in [0.717, 1.165) is 0 Å². The van der Waals surface area contributed by atoms with Gasteiger partial charge < -0.3 is 5.73 Å². The molecule has 3 nitrogen and oxygen atoms in total. The fourth-order valence-electron chi connectivity index (χ4n) is 1.45. The summed E-state index contributed by atoms with van der Waals surface area (Å²) in [5.74, 6) is -0.0789. The maximum Gasteiger partial charge on any atom is 0.144 e. The number of nitriles is 1. The van der Waals surface area contributed by atoms with Crippen molar-refractivity contribution in [2.75, 3.05) is 5.73 Å². The minimum atomic E-state index is -0.470. The summed E-state index contributed by atoms with van der Waals surface area (Å²) in [6.45, 7) is 0. The lowest BCUT2D eigenvalue weighted by Gasteiger charge is -2.05. The molecule has 0 saturated heterocycles. The van der Waals surface area contributed by atoms with Crippen molar-refractivity contribution in [3.05, 3.63) is 53.5 Å². The Hall–Kier alpha value is -2.06. The molecule has 2 N–H and O–H groups in total. The third-order valence-electron chi connectivity index (χ3n) is 2.36. The largest absolute Gasteiger partial charge is 0.397 e. The van der Waals surface area contributed by atoms with Gasteiger partial charge in [0.05, 0.1) is 11.3 Å². The second-order valence-corrected chi connectivity index (χ2v) is 4.54. The summed E-state index contributed by atoms with van der Waals surface area (Å²) in [5, 5.41) is 9.41. The Balaban J connectivity index is 2.17. The number of rotatable bonds is 3. The van der Waals surface area contributed by atoms with Gasteiger partial charge in [-0.25, -0.2) is 9.37 Å². The van der Waals surface area contributed by atoms with Gasteiger partial charge in [-0.1, -0.05) is 23.9 Å². The number of thioether (sulfide) groups is 1. The number of hydrogen-bond acceptors (Lipinski definition) is 4. The van der Waals surface area contributed by atoms with Gasteiger partial charge in [-0.3, -0.25) is 0 Å². The Labute approximate surface area is 108 Å². The van der Waals surface area contributed by atoms with Crippen LogP contribution in [0.1, 0.15) is 11.1 Å². The fraction of sp³-hybridized carbons (Fsp3) is 0.0769. The van der Waals surface area contributed by atoms with Crippen LogP contribution in [0.25, 0.3) is 0 Å². The average molecular weight is 259 g/mol. The lowest BCUT2D eigenvalue weighted by molar-refractivity contribution is 0.613. The molecule has 1 heterocycles. The van der Waals surface area contributed by atoms with E-state index < -0.39 is 5.82 Å². The second-order valence-electron chi connectivity index (χ2n) is 3.58. The molecule has 2 rings (SSSR count). The first-order valence-electron chi connectivity index (χ1n) is 5.23. The molecule has 0 atom stereocenters. The molecule has 2 aromatic rings. The highest BCUT2D eigenvalue weighted by Gasteiger charge is 2.09. The van der Waals surface area contributed by atoms with Gasteiger partial charge in [0, 0.05) is 11.9 Å². The highest BCUT2D eigenvalue weighted by molar-refractivity contribution is 7.98. The second kappa shape index (κ2) is 5.52. The van der Waals surface area contributed by atoms with Crippen LogP contribution in [0, 0.1) is 17.1 Å². The van der Waals surface area contributed by atoms with Crippen LogP contribution in [-0.4, -0.2) is 4.98 Å². The molecule has 0 unspecified atom stereocenters. The summed E-state index contributed by atoms with van der Waals surface area (Å²) in [6, 6.07) is 10.1. The first kappa shape index (κ1) is 12.4. The van der Waals surface area contributed by atoms with Crippen LogP contribution in [-0.2, 0) is 5.75 Å². The van der Waals surface area contributed by atoms with Crippen molar-refractivity contribution in [2.24, 2.45) is 0 Å². The number of anilines is 1. The normalized spacial score (nSPS) is 10.0. The molecule has 90 valence electrons. The summed E-state index contributed by atoms with van der Waals surface area (Å²) >= 11 is 1.35. The number of aromatic nitrogens is 1. The highest BCUT2D eigenvalue weighted by Crippen LogP contribution is 2.27. The van der Waals surface area contributed by atoms with E-state index in [1.165, 1.54) is 17.8 Å². The maximum absolute atomic E-state index is 13.8. The topological polar surface area (TPSA) is 62.7 Å². The molecule has 0 aliphatic carbocycles. The van der Waals surface area contributed by atoms with Gasteiger partial charge in [0.15, 0.2) is 0 Å². The van der Waals surface area contributed by atoms with Crippen molar-refractivity contribution < 1.29 is 4.39 Å². The van der Waals surface area contributed by atoms with Crippen molar-refractivity contribution in [3.8, 4) is 6.07 Å². The fourth-order valence-corrected chi connectivity index (χ4v) is 2.33. The molecule has 0 bridgehead atoms. The standard InChI is InChI=1S/C13H10FN3S/c14-12-9(7-15)3-1-4-10(12)8-18-13-11(16)5-2-6-17-13/h1-6H,8,16H2. The molecule has 1 aromatic heterocycles. The molecule has 0 fully saturated rings. The van der Waals surface area contributed by atoms with E-state index in [-0.39, 0.29) is 5.56 Å². The van der Waals surface area contributed by atoms with Crippen molar-refractivity contribution in [1.82, 2.24) is 4.98 Å². The van der Waals surface area contributed by atoms with Gasteiger partial charge >= 0.3 is 0 Å². The van der Waals surface area contributed by atoms with Gasteiger partial charge in [-0.2, -0.15) is 5.26 Å². The van der Waals surface area contributed by atoms with E-state index in [4.69, 9.17) is 11.0 Å². The zero-order chi connectivity index (χ0) is 13.0. The molecule has 0 amide bonds. The molecular weight excluding hydrogens is 249 g/mol. The zero-order valence-corrected chi connectivity index (χ0v) is 10.2. The van der Waals surface area contributed by atoms with Crippen LogP contribution in [0.2, 0.25) is 0 Å². The number of benzene rings is 1. The van der Waals surface area contributed by atoms with E-state index in [0.29, 0.717) is 22.0 Å². The molecule has 0 spiro atoms. The third kappa shape index (κ3) is 2.60. The third-order valence-corrected chi connectivity index (χ3v) is 3.43. The lowest BCUT2D eigenvalue weighted by Crippen LogP contribution is -1.94. The number of pyridine rings is 1. The van der Waals surface area contributed by atoms with Gasteiger partial charge in [0.2, 0.25) is 0 Å². The Morgan fingerprint density at radius 2 is 2.17 bits per heavy atom. The van der Waals surface area contributed by atoms with Crippen LogP contribution < -0.4 is 5.73 Å². The first-order valence-corrected chi connectivity index (χ1v) is 6.21. The van der Waals surface area contributed by atoms with Gasteiger partial charge in [-0.05, 0) is 23.8 Å². The quantitative estimate of drug-likeness (QED) is 0.861. The Morgan fingerprint density at radius 1 is 1.33 bits per heavy atom. The van der Waals surface area contributed by atoms with Crippen LogP contribution >= 0.6 is 11.8 Å². The van der Waals surface area contributed by atoms with Crippen LogP contribution in [0.3, 0.4) is 0 Å². The molecular formula is C13H10FN3S. The summed E-state index contributed by atoms with van der Waals surface area (Å²) in [5.41, 5.74) is 6.85. The summed E-state index contributed by atoms with van der Waals surface area (Å²) in [7, 11) is 0. The number of nitrogen functional groups attached to an aromatic ring is 1. The summed E-state index contributed by atoms with van der Waals surface area (Å²) < 4.78 is 13.8. The molecule has 0 saturated carbocycles. The maximum atomic E-state index is 13.8. The SMILES string of the molecule is N#Cc1cccc(CSc2ncccc2N)c1F. The molecule has 0 radical (unpaired) electrons. The first-order chi connectivity index (χ1) is 8.72. The number of halogens is 1. The Morgan fingerprint density at radius 3 is 2.89 bits per heavy atom. The van der Waals surface area contributed by atoms with Gasteiger partial charge in [0.1, 0.15) is 16.9 Å². The van der Waals surface area contributed by atoms with Crippen molar-refractivity contribution in [2.45, 2.75) is 10.8 Å². The van der Waals surface area contributed by atoms with Crippen molar-refractivity contribution >= 4 is 17.4 Å². The zero-order valence-electron chi connectivity index (χ0n) is 9.43. The monoisotopic (exact) mass is 259 g/mol. The van der Waals surface area contributed by atoms with E-state index in [9.17, 15) is 4.39 Å². The Bertz CT molecular complexity index is 607. The predicted octanol–water partition coefficient (Wildman–Crippen LogP) is 2.97. The Kier molecular flexibility index (Phi) is 3.80. The van der Waals surface area contributed by atoms with Gasteiger partial charge in [-0.15, -0.1) is 0 Å². The van der Waals surface area contributed by atoms with Crippen LogP contribution in [0.5, 0.6) is 0 Å². The molecule has 0 aliphatic rings. The van der Waals surface area contributed by atoms with E-state index in [1.807, 2.05) is 6.07 Å². The number of nitrogens with zero attached hydrogens (tertiary/aromatic N) is 2. The smallest absolute Gasteiger partial charge is 0.144 e. The van der Waals surface area contributed by atoms with Crippen LogP contribution in [0.4, 0.5) is 10.1 Å². The van der Waals surface area contributed by atoms with E-state index in [2.05, 4.69) is 4.98 Å². The minimum absolute atomic E-state index is 0.0575. The highest BCUT2D eigenvalue weighted by atomic mass is 32.2.